The van der Waals surface area contributed by atoms with Crippen LogP contribution in [0.5, 0.6) is 0 Å². The third-order valence-electron chi connectivity index (χ3n) is 5.16. The number of hydrogen-bond acceptors (Lipinski definition) is 9. The zero-order valence-electron chi connectivity index (χ0n) is 15.4. The minimum Gasteiger partial charge on any atom is -0.388 e. The first kappa shape index (κ1) is 20.7. The molecule has 4 heterocycles. The summed E-state index contributed by atoms with van der Waals surface area (Å²) in [6.45, 7) is 0.570. The van der Waals surface area contributed by atoms with E-state index in [1.165, 1.54) is 6.33 Å². The maximum atomic E-state index is 13.7. The molecule has 164 valence electrons. The average Bonchev–Trinajstić information content (AvgIpc) is 3.38. The van der Waals surface area contributed by atoms with Crippen molar-refractivity contribution in [3.05, 3.63) is 12.7 Å². The zero-order valence-corrected chi connectivity index (χ0v) is 15.4. The predicted octanol–water partition coefficient (Wildman–Crippen LogP) is -0.989. The third kappa shape index (κ3) is 3.90. The number of carbonyl (C=O) groups excluding carboxylic acids is 1. The fourth-order valence-electron chi connectivity index (χ4n) is 3.64. The number of aliphatic hydroxyl groups excluding tert-OH is 2. The first-order valence-electron chi connectivity index (χ1n) is 9.28. The molecule has 0 aliphatic carbocycles. The molecular formula is C16H20F3N7O4. The van der Waals surface area contributed by atoms with Crippen LogP contribution in [0.25, 0.3) is 11.2 Å². The molecule has 0 radical (unpaired) electrons. The summed E-state index contributed by atoms with van der Waals surface area (Å²) < 4.78 is 46.1. The van der Waals surface area contributed by atoms with Crippen molar-refractivity contribution in [3.63, 3.8) is 0 Å². The molecular weight excluding hydrogens is 411 g/mol. The van der Waals surface area contributed by atoms with Crippen LogP contribution in [0.1, 0.15) is 12.8 Å². The Labute approximate surface area is 167 Å². The van der Waals surface area contributed by atoms with E-state index in [-0.39, 0.29) is 17.0 Å². The Kier molecular flexibility index (Phi) is 5.48. The van der Waals surface area contributed by atoms with E-state index in [0.717, 1.165) is 6.33 Å². The summed E-state index contributed by atoms with van der Waals surface area (Å²) in [5, 5.41) is 28.4. The van der Waals surface area contributed by atoms with Crippen LogP contribution in [0, 0.1) is 0 Å². The summed E-state index contributed by atoms with van der Waals surface area (Å²) in [4.78, 5) is 26.7. The minimum absolute atomic E-state index is 0.0346. The maximum absolute atomic E-state index is 13.7. The Morgan fingerprint density at radius 2 is 2.03 bits per heavy atom. The number of aromatic amines is 1. The van der Waals surface area contributed by atoms with Crippen molar-refractivity contribution in [2.24, 2.45) is 0 Å². The van der Waals surface area contributed by atoms with Crippen LogP contribution < -0.4 is 16.0 Å². The lowest BCUT2D eigenvalue weighted by Crippen LogP contribution is -2.69. The standard InChI is InChI=1S/C16H20F3N7O4/c17-16(18,19)11-7(25-14(29)6-2-1-3-20-6)9(27)10(28)15(30-11)26-13-8-12(22-4-21-8)23-5-24-13/h4-7,9-11,15,20,27-28H,1-3H2,(H,25,29)(H2,21,22,23,24,26)/t6-,7-,9-,10+,11-,15+/m1/s1. The Hall–Kier alpha value is -2.55. The lowest BCUT2D eigenvalue weighted by Gasteiger charge is -2.44. The second kappa shape index (κ2) is 7.94. The van der Waals surface area contributed by atoms with Crippen LogP contribution >= 0.6 is 0 Å². The van der Waals surface area contributed by atoms with E-state index in [9.17, 15) is 28.2 Å². The first-order chi connectivity index (χ1) is 14.3. The van der Waals surface area contributed by atoms with Gasteiger partial charge in [-0.3, -0.25) is 4.79 Å². The lowest BCUT2D eigenvalue weighted by atomic mass is 9.94. The van der Waals surface area contributed by atoms with Gasteiger partial charge in [-0.1, -0.05) is 0 Å². The fraction of sp³-hybridized carbons (Fsp3) is 0.625. The molecule has 6 N–H and O–H groups in total. The monoisotopic (exact) mass is 431 g/mol. The highest BCUT2D eigenvalue weighted by Gasteiger charge is 2.56. The van der Waals surface area contributed by atoms with E-state index >= 15 is 0 Å². The van der Waals surface area contributed by atoms with Gasteiger partial charge in [0.2, 0.25) is 5.91 Å². The number of anilines is 1. The van der Waals surface area contributed by atoms with Gasteiger partial charge in [-0.2, -0.15) is 13.2 Å². The highest BCUT2D eigenvalue weighted by Crippen LogP contribution is 2.34. The molecule has 0 aromatic carbocycles. The SMILES string of the molecule is O=C(N[C@@H]1[C@@H](O)[C@H](O)[C@@H](Nc2ncnc3nc[nH]c23)O[C@H]1C(F)(F)F)[C@H]1CCCN1. The summed E-state index contributed by atoms with van der Waals surface area (Å²) in [5.74, 6) is -0.657. The summed E-state index contributed by atoms with van der Waals surface area (Å²) in [6.07, 6.45) is -9.26. The average molecular weight is 431 g/mol. The summed E-state index contributed by atoms with van der Waals surface area (Å²) in [7, 11) is 0. The number of aromatic nitrogens is 4. The number of imidazole rings is 1. The van der Waals surface area contributed by atoms with Gasteiger partial charge >= 0.3 is 6.18 Å². The molecule has 2 aromatic rings. The van der Waals surface area contributed by atoms with E-state index < -0.39 is 48.7 Å². The largest absolute Gasteiger partial charge is 0.416 e. The van der Waals surface area contributed by atoms with Gasteiger partial charge in [0, 0.05) is 0 Å². The Bertz CT molecular complexity index is 904. The molecule has 2 saturated heterocycles. The topological polar surface area (TPSA) is 157 Å². The number of ether oxygens (including phenoxy) is 1. The molecule has 2 aliphatic rings. The Balaban J connectivity index is 1.55. The number of nitrogens with zero attached hydrogens (tertiary/aromatic N) is 3. The molecule has 0 spiro atoms. The molecule has 4 rings (SSSR count). The van der Waals surface area contributed by atoms with Crippen LogP contribution in [0.2, 0.25) is 0 Å². The minimum atomic E-state index is -4.92. The van der Waals surface area contributed by atoms with Gasteiger partial charge in [-0.05, 0) is 19.4 Å². The van der Waals surface area contributed by atoms with Crippen LogP contribution in [0.15, 0.2) is 12.7 Å². The molecule has 2 aliphatic heterocycles. The van der Waals surface area contributed by atoms with Crippen molar-refractivity contribution in [1.82, 2.24) is 30.6 Å². The number of carbonyl (C=O) groups is 1. The van der Waals surface area contributed by atoms with Crippen molar-refractivity contribution in [3.8, 4) is 0 Å². The third-order valence-corrected chi connectivity index (χ3v) is 5.16. The van der Waals surface area contributed by atoms with Gasteiger partial charge in [-0.25, -0.2) is 15.0 Å². The predicted molar refractivity (Wildman–Crippen MR) is 95.0 cm³/mol. The Morgan fingerprint density at radius 1 is 1.23 bits per heavy atom. The molecule has 14 heteroatoms. The van der Waals surface area contributed by atoms with Crippen molar-refractivity contribution in [1.29, 1.82) is 0 Å². The van der Waals surface area contributed by atoms with Crippen LogP contribution in [0.3, 0.4) is 0 Å². The number of fused-ring (bicyclic) bond motifs is 1. The summed E-state index contributed by atoms with van der Waals surface area (Å²) in [6, 6.07) is -2.54. The normalized spacial score (nSPS) is 32.3. The molecule has 11 nitrogen and oxygen atoms in total. The van der Waals surface area contributed by atoms with Crippen molar-refractivity contribution < 1.29 is 32.9 Å². The van der Waals surface area contributed by atoms with Gasteiger partial charge in [0.25, 0.3) is 0 Å². The molecule has 2 aromatic heterocycles. The van der Waals surface area contributed by atoms with E-state index in [4.69, 9.17) is 4.74 Å². The number of hydrogen-bond donors (Lipinski definition) is 6. The summed E-state index contributed by atoms with van der Waals surface area (Å²) in [5.41, 5.74) is 0.536. The van der Waals surface area contributed by atoms with Crippen molar-refractivity contribution in [2.75, 3.05) is 11.9 Å². The number of aliphatic hydroxyl groups is 2. The molecule has 30 heavy (non-hydrogen) atoms. The molecule has 2 fully saturated rings. The van der Waals surface area contributed by atoms with Gasteiger partial charge in [-0.15, -0.1) is 0 Å². The molecule has 0 saturated carbocycles. The Morgan fingerprint density at radius 3 is 2.73 bits per heavy atom. The fourth-order valence-corrected chi connectivity index (χ4v) is 3.64. The van der Waals surface area contributed by atoms with Crippen molar-refractivity contribution >= 4 is 22.9 Å². The maximum Gasteiger partial charge on any atom is 0.416 e. The van der Waals surface area contributed by atoms with Gasteiger partial charge < -0.3 is 35.9 Å². The number of H-pyrrole nitrogens is 1. The number of rotatable bonds is 4. The van der Waals surface area contributed by atoms with Gasteiger partial charge in [0.15, 0.2) is 23.8 Å². The van der Waals surface area contributed by atoms with Crippen molar-refractivity contribution in [2.45, 2.75) is 55.6 Å². The second-order valence-corrected chi connectivity index (χ2v) is 7.15. The van der Waals surface area contributed by atoms with Gasteiger partial charge in [0.1, 0.15) is 24.1 Å². The molecule has 0 unspecified atom stereocenters. The lowest BCUT2D eigenvalue weighted by molar-refractivity contribution is -0.281. The van der Waals surface area contributed by atoms with E-state index in [2.05, 4.69) is 35.9 Å². The van der Waals surface area contributed by atoms with Crippen LogP contribution in [-0.2, 0) is 9.53 Å². The second-order valence-electron chi connectivity index (χ2n) is 7.15. The quantitative estimate of drug-likeness (QED) is 0.358. The molecule has 6 atom stereocenters. The number of halogens is 3. The van der Waals surface area contributed by atoms with Crippen LogP contribution in [0.4, 0.5) is 19.0 Å². The highest BCUT2D eigenvalue weighted by molar-refractivity contribution is 5.83. The number of nitrogens with one attached hydrogen (secondary N) is 4. The molecule has 1 amide bonds. The van der Waals surface area contributed by atoms with E-state index in [0.29, 0.717) is 19.4 Å². The smallest absolute Gasteiger partial charge is 0.388 e. The molecule has 0 bridgehead atoms. The number of amides is 1. The number of alkyl halides is 3. The zero-order chi connectivity index (χ0) is 21.5. The van der Waals surface area contributed by atoms with Gasteiger partial charge in [0.05, 0.1) is 18.4 Å². The summed E-state index contributed by atoms with van der Waals surface area (Å²) >= 11 is 0. The highest BCUT2D eigenvalue weighted by atomic mass is 19.4. The van der Waals surface area contributed by atoms with E-state index in [1.54, 1.807) is 0 Å². The van der Waals surface area contributed by atoms with Crippen LogP contribution in [-0.4, -0.2) is 85.4 Å². The van der Waals surface area contributed by atoms with E-state index in [1.807, 2.05) is 0 Å². The first-order valence-corrected chi connectivity index (χ1v) is 9.28.